The van der Waals surface area contributed by atoms with E-state index in [1.807, 2.05) is 19.1 Å². The van der Waals surface area contributed by atoms with Crippen LogP contribution in [0.3, 0.4) is 0 Å². The summed E-state index contributed by atoms with van der Waals surface area (Å²) in [5.41, 5.74) is 3.89. The average Bonchev–Trinajstić information content (AvgIpc) is 3.35. The maximum Gasteiger partial charge on any atom is 0.209 e. The van der Waals surface area contributed by atoms with Crippen LogP contribution in [-0.2, 0) is 19.0 Å². The molecule has 3 heterocycles. The number of aliphatic hydroxyl groups excluding tert-OH is 1. The van der Waals surface area contributed by atoms with Gasteiger partial charge in [-0.05, 0) is 71.6 Å². The molecule has 1 N–H and O–H groups in total. The number of rotatable bonds is 5. The number of hydrogen-bond donors (Lipinski definition) is 1. The highest BCUT2D eigenvalue weighted by atomic mass is 16.7. The molecule has 3 aliphatic heterocycles. The number of ketones is 1. The Morgan fingerprint density at radius 1 is 1.20 bits per heavy atom. The highest BCUT2D eigenvalue weighted by molar-refractivity contribution is 5.92. The lowest BCUT2D eigenvalue weighted by Gasteiger charge is -2.46. The standard InChI is InChI=1S/C25H34O5/c1-15(2)7-6-8-16(3)9-19-10-17(4)12-25(28-19)13-18(14-26)20-11-21(27)24(5)23(30-24)22(20)29-25/h7,9,12-13,19-20,22-23,26H,6,8,10-11,14H2,1-5H3/t19-,20-,22+,23+,24-,25+/m1/s1. The molecular formula is C25H34O5. The van der Waals surface area contributed by atoms with E-state index in [1.54, 1.807) is 0 Å². The molecule has 1 saturated heterocycles. The molecule has 4 rings (SSSR count). The van der Waals surface area contributed by atoms with Crippen LogP contribution in [0.1, 0.15) is 60.3 Å². The van der Waals surface area contributed by atoms with Crippen molar-refractivity contribution in [2.24, 2.45) is 5.92 Å². The van der Waals surface area contributed by atoms with Gasteiger partial charge in [0.15, 0.2) is 11.4 Å². The zero-order valence-corrected chi connectivity index (χ0v) is 18.7. The molecule has 0 aromatic rings. The number of carbonyl (C=O) groups is 1. The van der Waals surface area contributed by atoms with Gasteiger partial charge in [-0.1, -0.05) is 28.9 Å². The van der Waals surface area contributed by atoms with Crippen LogP contribution in [0.5, 0.6) is 0 Å². The van der Waals surface area contributed by atoms with E-state index in [9.17, 15) is 9.90 Å². The van der Waals surface area contributed by atoms with Crippen LogP contribution < -0.4 is 0 Å². The predicted molar refractivity (Wildman–Crippen MR) is 115 cm³/mol. The van der Waals surface area contributed by atoms with Crippen LogP contribution in [0, 0.1) is 5.92 Å². The highest BCUT2D eigenvalue weighted by Crippen LogP contribution is 2.53. The summed E-state index contributed by atoms with van der Waals surface area (Å²) in [6.07, 6.45) is 10.9. The van der Waals surface area contributed by atoms with Crippen molar-refractivity contribution in [1.82, 2.24) is 0 Å². The summed E-state index contributed by atoms with van der Waals surface area (Å²) in [6.45, 7) is 10.2. The van der Waals surface area contributed by atoms with Crippen molar-refractivity contribution in [3.8, 4) is 0 Å². The summed E-state index contributed by atoms with van der Waals surface area (Å²) in [4.78, 5) is 12.5. The van der Waals surface area contributed by atoms with Gasteiger partial charge in [0.1, 0.15) is 6.10 Å². The summed E-state index contributed by atoms with van der Waals surface area (Å²) in [7, 11) is 0. The second kappa shape index (κ2) is 7.86. The predicted octanol–water partition coefficient (Wildman–Crippen LogP) is 4.17. The van der Waals surface area contributed by atoms with Crippen molar-refractivity contribution in [3.63, 3.8) is 0 Å². The first-order chi connectivity index (χ1) is 14.2. The normalized spacial score (nSPS) is 40.3. The minimum atomic E-state index is -1.02. The minimum Gasteiger partial charge on any atom is -0.392 e. The van der Waals surface area contributed by atoms with Crippen molar-refractivity contribution in [1.29, 1.82) is 0 Å². The monoisotopic (exact) mass is 414 g/mol. The Balaban J connectivity index is 1.57. The third kappa shape index (κ3) is 4.01. The van der Waals surface area contributed by atoms with E-state index in [1.165, 1.54) is 16.7 Å². The molecule has 4 aliphatic rings. The Morgan fingerprint density at radius 3 is 2.67 bits per heavy atom. The minimum absolute atomic E-state index is 0.0915. The van der Waals surface area contributed by atoms with Gasteiger partial charge in [-0.3, -0.25) is 4.79 Å². The zero-order valence-electron chi connectivity index (χ0n) is 18.7. The van der Waals surface area contributed by atoms with E-state index >= 15 is 0 Å². The molecule has 5 nitrogen and oxygen atoms in total. The molecule has 0 amide bonds. The van der Waals surface area contributed by atoms with Crippen molar-refractivity contribution < 1.29 is 24.1 Å². The highest BCUT2D eigenvalue weighted by Gasteiger charge is 2.68. The Hall–Kier alpha value is -1.53. The van der Waals surface area contributed by atoms with E-state index in [0.29, 0.717) is 6.42 Å². The van der Waals surface area contributed by atoms with E-state index in [2.05, 4.69) is 39.8 Å². The Bertz CT molecular complexity index is 846. The number of carbonyl (C=O) groups excluding carboxylic acids is 1. The zero-order chi connectivity index (χ0) is 21.7. The van der Waals surface area contributed by atoms with Crippen LogP contribution >= 0.6 is 0 Å². The van der Waals surface area contributed by atoms with Crippen LogP contribution in [0.4, 0.5) is 0 Å². The number of hydrogen-bond acceptors (Lipinski definition) is 5. The number of epoxide rings is 1. The van der Waals surface area contributed by atoms with Gasteiger partial charge >= 0.3 is 0 Å². The quantitative estimate of drug-likeness (QED) is 0.540. The van der Waals surface area contributed by atoms with Gasteiger partial charge in [-0.25, -0.2) is 0 Å². The van der Waals surface area contributed by atoms with E-state index in [0.717, 1.165) is 24.8 Å². The van der Waals surface area contributed by atoms with Gasteiger partial charge in [-0.2, -0.15) is 0 Å². The lowest BCUT2D eigenvalue weighted by atomic mass is 9.74. The summed E-state index contributed by atoms with van der Waals surface area (Å²) < 4.78 is 18.8. The second-order valence-electron chi connectivity index (χ2n) is 9.74. The second-order valence-corrected chi connectivity index (χ2v) is 9.74. The van der Waals surface area contributed by atoms with E-state index < -0.39 is 11.4 Å². The lowest BCUT2D eigenvalue weighted by molar-refractivity contribution is -0.238. The smallest absolute Gasteiger partial charge is 0.209 e. The van der Waals surface area contributed by atoms with Gasteiger partial charge in [0.25, 0.3) is 0 Å². The largest absolute Gasteiger partial charge is 0.392 e. The fraction of sp³-hybridized carbons (Fsp3) is 0.640. The summed E-state index contributed by atoms with van der Waals surface area (Å²) in [5.74, 6) is -1.07. The number of ether oxygens (including phenoxy) is 3. The number of aliphatic hydroxyl groups is 1. The number of Topliss-reactive ketones (excluding diaryl/α,β-unsaturated/α-hetero) is 1. The van der Waals surface area contributed by atoms with Crippen LogP contribution in [0.2, 0.25) is 0 Å². The molecule has 0 bridgehead atoms. The van der Waals surface area contributed by atoms with E-state index in [-0.39, 0.29) is 36.6 Å². The fourth-order valence-electron chi connectivity index (χ4n) is 5.08. The first-order valence-electron chi connectivity index (χ1n) is 11.0. The molecule has 5 heteroatoms. The molecule has 2 fully saturated rings. The Kier molecular flexibility index (Phi) is 5.69. The topological polar surface area (TPSA) is 68.3 Å². The van der Waals surface area contributed by atoms with Crippen LogP contribution in [0.15, 0.2) is 46.6 Å². The Morgan fingerprint density at radius 2 is 1.97 bits per heavy atom. The summed E-state index contributed by atoms with van der Waals surface area (Å²) >= 11 is 0. The van der Waals surface area contributed by atoms with Crippen LogP contribution in [0.25, 0.3) is 0 Å². The van der Waals surface area contributed by atoms with Crippen molar-refractivity contribution in [2.45, 2.75) is 90.0 Å². The maximum absolute atomic E-state index is 12.5. The third-order valence-electron chi connectivity index (χ3n) is 6.75. The van der Waals surface area contributed by atoms with Gasteiger partial charge < -0.3 is 19.3 Å². The third-order valence-corrected chi connectivity index (χ3v) is 6.75. The lowest BCUT2D eigenvalue weighted by Crippen LogP contribution is -2.54. The maximum atomic E-state index is 12.5. The van der Waals surface area contributed by atoms with Crippen molar-refractivity contribution >= 4 is 5.78 Å². The first-order valence-corrected chi connectivity index (χ1v) is 11.0. The number of fused-ring (bicyclic) bond motifs is 3. The molecule has 1 spiro atoms. The molecule has 6 atom stereocenters. The molecule has 0 radical (unpaired) electrons. The molecule has 164 valence electrons. The molecule has 1 saturated carbocycles. The van der Waals surface area contributed by atoms with Gasteiger partial charge in [0.2, 0.25) is 5.79 Å². The molecular weight excluding hydrogens is 380 g/mol. The molecule has 30 heavy (non-hydrogen) atoms. The first kappa shape index (κ1) is 21.7. The van der Waals surface area contributed by atoms with Gasteiger partial charge in [0, 0.05) is 12.3 Å². The van der Waals surface area contributed by atoms with E-state index in [4.69, 9.17) is 14.2 Å². The Labute approximate surface area is 179 Å². The van der Waals surface area contributed by atoms with Gasteiger partial charge in [-0.15, -0.1) is 0 Å². The summed E-state index contributed by atoms with van der Waals surface area (Å²) in [5, 5.41) is 10.0. The average molecular weight is 415 g/mol. The molecule has 1 aliphatic carbocycles. The fourth-order valence-corrected chi connectivity index (χ4v) is 5.08. The SMILES string of the molecule is CC(C)=CCCC(C)=C[C@@H]1CC(C)=C[C@]2(C=C(CO)[C@H]3CC(=O)[C@@]4(C)O[C@H]4[C@H]3O2)O1. The molecule has 0 aromatic carbocycles. The van der Waals surface area contributed by atoms with Crippen molar-refractivity contribution in [2.75, 3.05) is 6.61 Å². The molecule has 0 unspecified atom stereocenters. The van der Waals surface area contributed by atoms with Crippen LogP contribution in [-0.4, -0.2) is 47.2 Å². The molecule has 0 aromatic heterocycles. The van der Waals surface area contributed by atoms with Crippen molar-refractivity contribution in [3.05, 3.63) is 46.6 Å². The summed E-state index contributed by atoms with van der Waals surface area (Å²) in [6, 6.07) is 0. The number of allylic oxidation sites excluding steroid dienone is 3. The van der Waals surface area contributed by atoms with Gasteiger partial charge in [0.05, 0.1) is 18.8 Å².